The maximum atomic E-state index is 13.0. The number of para-hydroxylation sites is 1. The maximum Gasteiger partial charge on any atom is 0.228 e. The minimum Gasteiger partial charge on any atom is -0.352 e. The molecule has 31 heavy (non-hydrogen) atoms. The van der Waals surface area contributed by atoms with Crippen LogP contribution in [0.3, 0.4) is 0 Å². The highest BCUT2D eigenvalue weighted by molar-refractivity contribution is 6.31. The third-order valence-electron chi connectivity index (χ3n) is 6.13. The van der Waals surface area contributed by atoms with Crippen LogP contribution in [0.15, 0.2) is 54.6 Å². The zero-order chi connectivity index (χ0) is 21.8. The number of carbonyl (C=O) groups excluding carboxylic acids is 3. The highest BCUT2D eigenvalue weighted by atomic mass is 35.5. The number of amides is 3. The predicted octanol–water partition coefficient (Wildman–Crippen LogP) is 3.25. The van der Waals surface area contributed by atoms with Crippen molar-refractivity contribution >= 4 is 35.0 Å². The van der Waals surface area contributed by atoms with E-state index in [0.717, 1.165) is 11.3 Å². The van der Waals surface area contributed by atoms with E-state index in [0.29, 0.717) is 44.0 Å². The van der Waals surface area contributed by atoms with Crippen molar-refractivity contribution in [2.75, 3.05) is 24.5 Å². The van der Waals surface area contributed by atoms with E-state index in [1.54, 1.807) is 11.0 Å². The molecule has 7 heteroatoms. The molecule has 0 saturated carbocycles. The summed E-state index contributed by atoms with van der Waals surface area (Å²) in [6.07, 6.45) is 1.50. The molecule has 0 spiro atoms. The molecule has 0 aliphatic carbocycles. The molecule has 1 N–H and O–H groups in total. The average Bonchev–Trinajstić information content (AvgIpc) is 3.20. The van der Waals surface area contributed by atoms with E-state index in [9.17, 15) is 14.4 Å². The molecule has 0 bridgehead atoms. The monoisotopic (exact) mass is 439 g/mol. The van der Waals surface area contributed by atoms with Gasteiger partial charge >= 0.3 is 0 Å². The molecule has 0 radical (unpaired) electrons. The molecule has 4 rings (SSSR count). The van der Waals surface area contributed by atoms with Gasteiger partial charge in [0.15, 0.2) is 0 Å². The second-order valence-corrected chi connectivity index (χ2v) is 8.56. The van der Waals surface area contributed by atoms with Crippen LogP contribution < -0.4 is 10.2 Å². The van der Waals surface area contributed by atoms with Crippen molar-refractivity contribution in [3.63, 3.8) is 0 Å². The van der Waals surface area contributed by atoms with Gasteiger partial charge in [-0.3, -0.25) is 14.4 Å². The van der Waals surface area contributed by atoms with Crippen molar-refractivity contribution in [2.24, 2.45) is 11.8 Å². The number of piperidine rings is 1. The van der Waals surface area contributed by atoms with Gasteiger partial charge in [-0.15, -0.1) is 0 Å². The smallest absolute Gasteiger partial charge is 0.228 e. The summed E-state index contributed by atoms with van der Waals surface area (Å²) in [6, 6.07) is 16.9. The first-order valence-electron chi connectivity index (χ1n) is 10.7. The van der Waals surface area contributed by atoms with Gasteiger partial charge in [-0.2, -0.15) is 0 Å². The normalized spacial score (nSPS) is 19.5. The van der Waals surface area contributed by atoms with Crippen molar-refractivity contribution in [1.29, 1.82) is 0 Å². The lowest BCUT2D eigenvalue weighted by Gasteiger charge is -2.33. The van der Waals surface area contributed by atoms with Gasteiger partial charge in [0.2, 0.25) is 17.7 Å². The van der Waals surface area contributed by atoms with Crippen LogP contribution in [0.4, 0.5) is 5.69 Å². The topological polar surface area (TPSA) is 69.7 Å². The fourth-order valence-corrected chi connectivity index (χ4v) is 4.52. The largest absolute Gasteiger partial charge is 0.352 e. The first-order chi connectivity index (χ1) is 15.0. The number of anilines is 1. The first kappa shape index (κ1) is 21.4. The molecule has 2 fully saturated rings. The molecule has 2 aromatic rings. The van der Waals surface area contributed by atoms with Gasteiger partial charge < -0.3 is 15.1 Å². The third-order valence-corrected chi connectivity index (χ3v) is 6.50. The van der Waals surface area contributed by atoms with Gasteiger partial charge in [0.25, 0.3) is 0 Å². The SMILES string of the molecule is O=C(NCc1ccccc1Cl)C1CCN(C(=O)C2CC(=O)N(c3ccccc3)C2)CC1. The minimum atomic E-state index is -0.321. The summed E-state index contributed by atoms with van der Waals surface area (Å²) in [7, 11) is 0. The van der Waals surface area contributed by atoms with E-state index in [2.05, 4.69) is 5.32 Å². The first-order valence-corrected chi connectivity index (χ1v) is 11.1. The number of carbonyl (C=O) groups is 3. The van der Waals surface area contributed by atoms with Gasteiger partial charge in [0.05, 0.1) is 5.92 Å². The lowest BCUT2D eigenvalue weighted by Crippen LogP contribution is -2.45. The Labute approximate surface area is 187 Å². The van der Waals surface area contributed by atoms with Crippen molar-refractivity contribution in [2.45, 2.75) is 25.8 Å². The molecule has 2 saturated heterocycles. The third kappa shape index (κ3) is 4.90. The maximum absolute atomic E-state index is 13.0. The molecule has 2 heterocycles. The zero-order valence-electron chi connectivity index (χ0n) is 17.3. The summed E-state index contributed by atoms with van der Waals surface area (Å²) in [5, 5.41) is 3.60. The van der Waals surface area contributed by atoms with E-state index in [-0.39, 0.29) is 36.0 Å². The average molecular weight is 440 g/mol. The van der Waals surface area contributed by atoms with E-state index in [4.69, 9.17) is 11.6 Å². The number of rotatable bonds is 5. The van der Waals surface area contributed by atoms with Crippen molar-refractivity contribution in [1.82, 2.24) is 10.2 Å². The fourth-order valence-electron chi connectivity index (χ4n) is 4.32. The number of nitrogens with zero attached hydrogens (tertiary/aromatic N) is 2. The predicted molar refractivity (Wildman–Crippen MR) is 120 cm³/mol. The molecule has 2 aliphatic heterocycles. The van der Waals surface area contributed by atoms with E-state index >= 15 is 0 Å². The van der Waals surface area contributed by atoms with Gasteiger partial charge in [0.1, 0.15) is 0 Å². The standard InChI is InChI=1S/C24H26ClN3O3/c25-21-9-5-4-6-18(21)15-26-23(30)17-10-12-27(13-11-17)24(31)19-14-22(29)28(16-19)20-7-2-1-3-8-20/h1-9,17,19H,10-16H2,(H,26,30). The Morgan fingerprint density at radius 2 is 1.65 bits per heavy atom. The van der Waals surface area contributed by atoms with Gasteiger partial charge in [-0.1, -0.05) is 48.0 Å². The summed E-state index contributed by atoms with van der Waals surface area (Å²) in [5.41, 5.74) is 1.72. The van der Waals surface area contributed by atoms with Crippen molar-refractivity contribution in [3.8, 4) is 0 Å². The van der Waals surface area contributed by atoms with Crippen LogP contribution in [0, 0.1) is 11.8 Å². The molecule has 6 nitrogen and oxygen atoms in total. The minimum absolute atomic E-state index is 0.00156. The highest BCUT2D eigenvalue weighted by Crippen LogP contribution is 2.28. The quantitative estimate of drug-likeness (QED) is 0.777. The summed E-state index contributed by atoms with van der Waals surface area (Å²) in [5.74, 6) is -0.436. The molecule has 1 atom stereocenters. The van der Waals surface area contributed by atoms with E-state index < -0.39 is 0 Å². The number of benzene rings is 2. The Bertz CT molecular complexity index is 958. The molecule has 2 aromatic carbocycles. The molecule has 3 amide bonds. The van der Waals surface area contributed by atoms with Crippen LogP contribution in [-0.4, -0.2) is 42.3 Å². The van der Waals surface area contributed by atoms with Crippen molar-refractivity contribution < 1.29 is 14.4 Å². The number of likely N-dealkylation sites (tertiary alicyclic amines) is 1. The zero-order valence-corrected chi connectivity index (χ0v) is 18.1. The van der Waals surface area contributed by atoms with Crippen LogP contribution in [0.2, 0.25) is 5.02 Å². The molecule has 0 aromatic heterocycles. The molecule has 2 aliphatic rings. The van der Waals surface area contributed by atoms with Gasteiger partial charge in [-0.05, 0) is 36.6 Å². The Morgan fingerprint density at radius 1 is 0.968 bits per heavy atom. The van der Waals surface area contributed by atoms with E-state index in [1.165, 1.54) is 0 Å². The molecular weight excluding hydrogens is 414 g/mol. The molecule has 1 unspecified atom stereocenters. The Hall–Kier alpha value is -2.86. The molecule has 162 valence electrons. The highest BCUT2D eigenvalue weighted by Gasteiger charge is 2.38. The number of hydrogen-bond donors (Lipinski definition) is 1. The fraction of sp³-hybridized carbons (Fsp3) is 0.375. The van der Waals surface area contributed by atoms with Crippen LogP contribution in [0.1, 0.15) is 24.8 Å². The second kappa shape index (κ2) is 9.52. The summed E-state index contributed by atoms with van der Waals surface area (Å²) < 4.78 is 0. The summed E-state index contributed by atoms with van der Waals surface area (Å²) in [6.45, 7) is 1.90. The number of nitrogens with one attached hydrogen (secondary N) is 1. The van der Waals surface area contributed by atoms with Gasteiger partial charge in [0, 0.05) is 49.2 Å². The van der Waals surface area contributed by atoms with Crippen LogP contribution >= 0.6 is 11.6 Å². The van der Waals surface area contributed by atoms with Crippen LogP contribution in [-0.2, 0) is 20.9 Å². The van der Waals surface area contributed by atoms with Crippen LogP contribution in [0.5, 0.6) is 0 Å². The van der Waals surface area contributed by atoms with Gasteiger partial charge in [-0.25, -0.2) is 0 Å². The van der Waals surface area contributed by atoms with Crippen LogP contribution in [0.25, 0.3) is 0 Å². The number of halogens is 1. The number of hydrogen-bond acceptors (Lipinski definition) is 3. The lowest BCUT2D eigenvalue weighted by atomic mass is 9.94. The summed E-state index contributed by atoms with van der Waals surface area (Å²) >= 11 is 6.15. The Kier molecular flexibility index (Phi) is 6.56. The summed E-state index contributed by atoms with van der Waals surface area (Å²) in [4.78, 5) is 41.4. The van der Waals surface area contributed by atoms with E-state index in [1.807, 2.05) is 53.4 Å². The second-order valence-electron chi connectivity index (χ2n) is 8.15. The Morgan fingerprint density at radius 3 is 2.35 bits per heavy atom. The molecular formula is C24H26ClN3O3. The Balaban J connectivity index is 1.27. The lowest BCUT2D eigenvalue weighted by molar-refractivity contribution is -0.139. The van der Waals surface area contributed by atoms with Crippen molar-refractivity contribution in [3.05, 3.63) is 65.2 Å².